The van der Waals surface area contributed by atoms with Gasteiger partial charge in [0, 0.05) is 24.9 Å². The number of halogens is 2. The number of carbonyl (C=O) groups excluding carboxylic acids is 2. The number of nitrogens with zero attached hydrogens (tertiary/aromatic N) is 1. The molecule has 1 aromatic heterocycles. The molecule has 1 aromatic carbocycles. The molecule has 0 aliphatic carbocycles. The Hall–Kier alpha value is -2.15. The number of piperidine rings is 1. The third-order valence-corrected chi connectivity index (χ3v) is 4.94. The van der Waals surface area contributed by atoms with Gasteiger partial charge in [0.1, 0.15) is 6.04 Å². The molecule has 0 radical (unpaired) electrons. The maximum atomic E-state index is 13.0. The minimum Gasteiger partial charge on any atom is -0.351 e. The second kappa shape index (κ2) is 12.4. The van der Waals surface area contributed by atoms with E-state index in [1.807, 2.05) is 30.3 Å². The van der Waals surface area contributed by atoms with E-state index in [0.717, 1.165) is 25.1 Å². The molecule has 0 bridgehead atoms. The minimum absolute atomic E-state index is 0. The molecule has 3 rings (SSSR count). The van der Waals surface area contributed by atoms with Crippen molar-refractivity contribution in [2.75, 3.05) is 13.1 Å². The van der Waals surface area contributed by atoms with E-state index < -0.39 is 6.04 Å². The Balaban J connectivity index is 0.00000210. The van der Waals surface area contributed by atoms with Crippen LogP contribution in [-0.2, 0) is 11.2 Å². The van der Waals surface area contributed by atoms with Crippen LogP contribution in [0.2, 0.25) is 0 Å². The van der Waals surface area contributed by atoms with Crippen LogP contribution < -0.4 is 16.0 Å². The Morgan fingerprint density at radius 1 is 1.17 bits per heavy atom. The van der Waals surface area contributed by atoms with Crippen molar-refractivity contribution in [2.45, 2.75) is 31.8 Å². The number of nitrogens with one attached hydrogen (secondary N) is 3. The van der Waals surface area contributed by atoms with Crippen molar-refractivity contribution in [1.29, 1.82) is 0 Å². The third-order valence-electron chi connectivity index (χ3n) is 4.94. The number of carbonyl (C=O) groups is 2. The maximum absolute atomic E-state index is 13.0. The quantitative estimate of drug-likeness (QED) is 0.646. The van der Waals surface area contributed by atoms with Gasteiger partial charge in [-0.05, 0) is 43.1 Å². The average molecular weight is 439 g/mol. The molecule has 3 N–H and O–H groups in total. The Labute approximate surface area is 184 Å². The number of aromatic nitrogens is 1. The van der Waals surface area contributed by atoms with E-state index in [-0.39, 0.29) is 42.7 Å². The summed E-state index contributed by atoms with van der Waals surface area (Å²) in [5.41, 5.74) is 1.45. The summed E-state index contributed by atoms with van der Waals surface area (Å²) in [5, 5.41) is 9.35. The molecule has 1 saturated heterocycles. The lowest BCUT2D eigenvalue weighted by Gasteiger charge is -2.31. The number of hydrogen-bond acceptors (Lipinski definition) is 4. The van der Waals surface area contributed by atoms with E-state index >= 15 is 0 Å². The normalized spacial score (nSPS) is 19.1. The number of pyridine rings is 1. The standard InChI is InChI=1S/C21H26N4O2.2ClH/c1-15-13-23-11-9-18(15)24-21(27)19(12-16-6-3-2-4-7-16)25-20(26)17-8-5-10-22-14-17;;/h2-8,10,14-15,18-19,23H,9,11-13H2,1H3,(H,24,27)(H,25,26);2*1H. The van der Waals surface area contributed by atoms with Gasteiger partial charge in [0.05, 0.1) is 5.56 Å². The van der Waals surface area contributed by atoms with Crippen LogP contribution in [0.15, 0.2) is 54.9 Å². The van der Waals surface area contributed by atoms with Crippen LogP contribution in [0.25, 0.3) is 0 Å². The Kier molecular flexibility index (Phi) is 10.7. The van der Waals surface area contributed by atoms with Crippen molar-refractivity contribution >= 4 is 36.6 Å². The summed E-state index contributed by atoms with van der Waals surface area (Å²) in [6.07, 6.45) is 4.45. The lowest BCUT2D eigenvalue weighted by atomic mass is 9.94. The van der Waals surface area contributed by atoms with Gasteiger partial charge in [-0.3, -0.25) is 14.6 Å². The van der Waals surface area contributed by atoms with Gasteiger partial charge in [-0.25, -0.2) is 0 Å². The molecule has 0 spiro atoms. The highest BCUT2D eigenvalue weighted by atomic mass is 35.5. The zero-order chi connectivity index (χ0) is 19.1. The van der Waals surface area contributed by atoms with Crippen LogP contribution in [-0.4, -0.2) is 42.0 Å². The number of hydrogen-bond donors (Lipinski definition) is 3. The number of benzene rings is 1. The van der Waals surface area contributed by atoms with Crippen LogP contribution in [0.4, 0.5) is 0 Å². The highest BCUT2D eigenvalue weighted by molar-refractivity contribution is 5.97. The number of amides is 2. The first-order valence-corrected chi connectivity index (χ1v) is 9.39. The molecule has 158 valence electrons. The Morgan fingerprint density at radius 2 is 1.93 bits per heavy atom. The molecule has 2 amide bonds. The molecule has 3 atom stereocenters. The van der Waals surface area contributed by atoms with Crippen LogP contribution >= 0.6 is 24.8 Å². The van der Waals surface area contributed by atoms with Gasteiger partial charge >= 0.3 is 0 Å². The van der Waals surface area contributed by atoms with E-state index in [9.17, 15) is 9.59 Å². The van der Waals surface area contributed by atoms with Gasteiger partial charge in [-0.2, -0.15) is 0 Å². The first-order chi connectivity index (χ1) is 13.1. The molecule has 29 heavy (non-hydrogen) atoms. The fourth-order valence-electron chi connectivity index (χ4n) is 3.31. The predicted octanol–water partition coefficient (Wildman–Crippen LogP) is 2.38. The zero-order valence-electron chi connectivity index (χ0n) is 16.3. The monoisotopic (exact) mass is 438 g/mol. The Bertz CT molecular complexity index is 762. The largest absolute Gasteiger partial charge is 0.351 e. The summed E-state index contributed by atoms with van der Waals surface area (Å²) in [7, 11) is 0. The van der Waals surface area contributed by atoms with Gasteiger partial charge in [-0.15, -0.1) is 24.8 Å². The molecule has 2 heterocycles. The first-order valence-electron chi connectivity index (χ1n) is 9.39. The van der Waals surface area contributed by atoms with Gasteiger partial charge in [-0.1, -0.05) is 37.3 Å². The first kappa shape index (κ1) is 24.9. The molecule has 1 aliphatic heterocycles. The smallest absolute Gasteiger partial charge is 0.253 e. The SMILES string of the molecule is CC1CNCCC1NC(=O)C(Cc1ccccc1)NC(=O)c1cccnc1.Cl.Cl. The van der Waals surface area contributed by atoms with Crippen molar-refractivity contribution in [3.05, 3.63) is 66.0 Å². The van der Waals surface area contributed by atoms with Crippen molar-refractivity contribution in [3.63, 3.8) is 0 Å². The molecule has 2 aromatic rings. The van der Waals surface area contributed by atoms with Crippen molar-refractivity contribution in [2.24, 2.45) is 5.92 Å². The molecule has 3 unspecified atom stereocenters. The van der Waals surface area contributed by atoms with Gasteiger partial charge < -0.3 is 16.0 Å². The summed E-state index contributed by atoms with van der Waals surface area (Å²) in [6, 6.07) is 12.6. The highest BCUT2D eigenvalue weighted by Crippen LogP contribution is 2.12. The van der Waals surface area contributed by atoms with Crippen molar-refractivity contribution < 1.29 is 9.59 Å². The predicted molar refractivity (Wildman–Crippen MR) is 119 cm³/mol. The molecule has 1 aliphatic rings. The Morgan fingerprint density at radius 3 is 2.59 bits per heavy atom. The molecule has 1 fully saturated rings. The topological polar surface area (TPSA) is 83.1 Å². The summed E-state index contributed by atoms with van der Waals surface area (Å²) >= 11 is 0. The molecule has 0 saturated carbocycles. The summed E-state index contributed by atoms with van der Waals surface area (Å²) < 4.78 is 0. The van der Waals surface area contributed by atoms with Crippen LogP contribution in [0.5, 0.6) is 0 Å². The van der Waals surface area contributed by atoms with E-state index in [1.165, 1.54) is 6.20 Å². The third kappa shape index (κ3) is 7.31. The van der Waals surface area contributed by atoms with E-state index in [1.54, 1.807) is 18.3 Å². The lowest BCUT2D eigenvalue weighted by molar-refractivity contribution is -0.124. The van der Waals surface area contributed by atoms with Crippen LogP contribution in [0.1, 0.15) is 29.3 Å². The lowest BCUT2D eigenvalue weighted by Crippen LogP contribution is -2.55. The van der Waals surface area contributed by atoms with Crippen molar-refractivity contribution in [3.8, 4) is 0 Å². The van der Waals surface area contributed by atoms with Gasteiger partial charge in [0.15, 0.2) is 0 Å². The van der Waals surface area contributed by atoms with E-state index in [2.05, 4.69) is 27.9 Å². The summed E-state index contributed by atoms with van der Waals surface area (Å²) in [6.45, 7) is 3.90. The average Bonchev–Trinajstić information content (AvgIpc) is 2.70. The van der Waals surface area contributed by atoms with Gasteiger partial charge in [0.25, 0.3) is 5.91 Å². The second-order valence-corrected chi connectivity index (χ2v) is 7.04. The van der Waals surface area contributed by atoms with Crippen LogP contribution in [0.3, 0.4) is 0 Å². The minimum atomic E-state index is -0.637. The fraction of sp³-hybridized carbons (Fsp3) is 0.381. The van der Waals surface area contributed by atoms with E-state index in [4.69, 9.17) is 0 Å². The van der Waals surface area contributed by atoms with Crippen LogP contribution in [0, 0.1) is 5.92 Å². The van der Waals surface area contributed by atoms with E-state index in [0.29, 0.717) is 17.9 Å². The zero-order valence-corrected chi connectivity index (χ0v) is 18.0. The van der Waals surface area contributed by atoms with Crippen molar-refractivity contribution in [1.82, 2.24) is 20.9 Å². The summed E-state index contributed by atoms with van der Waals surface area (Å²) in [4.78, 5) is 29.5. The molecular formula is C21H28Cl2N4O2. The fourth-order valence-corrected chi connectivity index (χ4v) is 3.31. The maximum Gasteiger partial charge on any atom is 0.253 e. The molecule has 8 heteroatoms. The number of rotatable bonds is 6. The molecule has 6 nitrogen and oxygen atoms in total. The second-order valence-electron chi connectivity index (χ2n) is 7.04. The summed E-state index contributed by atoms with van der Waals surface area (Å²) in [5.74, 6) is -0.0820. The highest BCUT2D eigenvalue weighted by Gasteiger charge is 2.27. The molecular weight excluding hydrogens is 411 g/mol. The van der Waals surface area contributed by atoms with Gasteiger partial charge in [0.2, 0.25) is 5.91 Å².